The van der Waals surface area contributed by atoms with E-state index in [0.717, 1.165) is 64.4 Å². The van der Waals surface area contributed by atoms with E-state index in [1.54, 1.807) is 7.11 Å². The number of rotatable bonds is 9. The summed E-state index contributed by atoms with van der Waals surface area (Å²) in [5.41, 5.74) is 1.41. The number of piperidine rings is 1. The van der Waals surface area contributed by atoms with Crippen LogP contribution in [0.2, 0.25) is 0 Å². The molecule has 0 N–H and O–H groups in total. The SMILES string of the molecule is COCCN(C[C@@H]1CC2(CCN(C(=O)COc3ccc(C)cc3)CC2)CO1)C(C)C. The van der Waals surface area contributed by atoms with Gasteiger partial charge in [0.05, 0.1) is 19.3 Å². The van der Waals surface area contributed by atoms with Gasteiger partial charge in [-0.15, -0.1) is 0 Å². The lowest BCUT2D eigenvalue weighted by Gasteiger charge is -2.38. The third-order valence-electron chi connectivity index (χ3n) is 6.60. The average molecular weight is 419 g/mol. The number of likely N-dealkylation sites (tertiary alicyclic amines) is 1. The molecule has 168 valence electrons. The molecule has 1 aromatic carbocycles. The Labute approximate surface area is 181 Å². The van der Waals surface area contributed by atoms with Gasteiger partial charge in [-0.05, 0) is 57.6 Å². The fourth-order valence-corrected chi connectivity index (χ4v) is 4.49. The zero-order valence-corrected chi connectivity index (χ0v) is 19.1. The molecule has 2 aliphatic rings. The molecule has 0 radical (unpaired) electrons. The smallest absolute Gasteiger partial charge is 0.260 e. The highest BCUT2D eigenvalue weighted by Crippen LogP contribution is 2.42. The molecule has 0 aromatic heterocycles. The van der Waals surface area contributed by atoms with Crippen LogP contribution in [0.3, 0.4) is 0 Å². The quantitative estimate of drug-likeness (QED) is 0.617. The third kappa shape index (κ3) is 6.19. The van der Waals surface area contributed by atoms with Crippen molar-refractivity contribution in [2.45, 2.75) is 52.2 Å². The molecular weight excluding hydrogens is 380 g/mol. The molecule has 1 atom stereocenters. The van der Waals surface area contributed by atoms with Gasteiger partial charge >= 0.3 is 0 Å². The molecule has 1 aromatic rings. The molecule has 0 unspecified atom stereocenters. The second-order valence-electron chi connectivity index (χ2n) is 9.20. The lowest BCUT2D eigenvalue weighted by molar-refractivity contribution is -0.135. The Morgan fingerprint density at radius 3 is 2.60 bits per heavy atom. The first-order valence-electron chi connectivity index (χ1n) is 11.2. The van der Waals surface area contributed by atoms with Gasteiger partial charge in [0.2, 0.25) is 0 Å². The van der Waals surface area contributed by atoms with Gasteiger partial charge in [-0.3, -0.25) is 9.69 Å². The van der Waals surface area contributed by atoms with Crippen molar-refractivity contribution < 1.29 is 19.0 Å². The summed E-state index contributed by atoms with van der Waals surface area (Å²) >= 11 is 0. The van der Waals surface area contributed by atoms with Gasteiger partial charge < -0.3 is 19.1 Å². The van der Waals surface area contributed by atoms with Crippen molar-refractivity contribution >= 4 is 5.91 Å². The van der Waals surface area contributed by atoms with Crippen LogP contribution in [-0.2, 0) is 14.3 Å². The Morgan fingerprint density at radius 1 is 1.27 bits per heavy atom. The van der Waals surface area contributed by atoms with E-state index in [1.165, 1.54) is 5.56 Å². The van der Waals surface area contributed by atoms with E-state index in [9.17, 15) is 4.79 Å². The number of aryl methyl sites for hydroxylation is 1. The van der Waals surface area contributed by atoms with Crippen LogP contribution in [0.5, 0.6) is 5.75 Å². The zero-order chi connectivity index (χ0) is 21.6. The van der Waals surface area contributed by atoms with E-state index >= 15 is 0 Å². The minimum atomic E-state index is 0.0754. The number of amides is 1. The summed E-state index contributed by atoms with van der Waals surface area (Å²) in [6.45, 7) is 11.6. The number of methoxy groups -OCH3 is 1. The normalized spacial score (nSPS) is 21.0. The van der Waals surface area contributed by atoms with Crippen molar-refractivity contribution in [3.05, 3.63) is 29.8 Å². The Balaban J connectivity index is 1.43. The van der Waals surface area contributed by atoms with Crippen molar-refractivity contribution in [3.63, 3.8) is 0 Å². The molecule has 2 heterocycles. The first-order valence-corrected chi connectivity index (χ1v) is 11.2. The van der Waals surface area contributed by atoms with Crippen LogP contribution in [-0.4, -0.2) is 81.0 Å². The molecule has 0 bridgehead atoms. The van der Waals surface area contributed by atoms with Gasteiger partial charge in [0.15, 0.2) is 6.61 Å². The number of benzene rings is 1. The molecule has 6 nitrogen and oxygen atoms in total. The Hall–Kier alpha value is -1.63. The molecule has 1 spiro atoms. The van der Waals surface area contributed by atoms with E-state index in [0.29, 0.717) is 6.04 Å². The Morgan fingerprint density at radius 2 is 1.97 bits per heavy atom. The molecule has 6 heteroatoms. The highest BCUT2D eigenvalue weighted by molar-refractivity contribution is 5.77. The summed E-state index contributed by atoms with van der Waals surface area (Å²) in [6.07, 6.45) is 3.39. The summed E-state index contributed by atoms with van der Waals surface area (Å²) in [5, 5.41) is 0. The van der Waals surface area contributed by atoms with Gasteiger partial charge in [-0.25, -0.2) is 0 Å². The van der Waals surface area contributed by atoms with Crippen molar-refractivity contribution in [2.24, 2.45) is 5.41 Å². The molecule has 3 rings (SSSR count). The van der Waals surface area contributed by atoms with Crippen LogP contribution in [0.4, 0.5) is 0 Å². The van der Waals surface area contributed by atoms with Crippen molar-refractivity contribution in [1.82, 2.24) is 9.80 Å². The summed E-state index contributed by atoms with van der Waals surface area (Å²) in [7, 11) is 1.75. The fraction of sp³-hybridized carbons (Fsp3) is 0.708. The number of hydrogen-bond donors (Lipinski definition) is 0. The maximum atomic E-state index is 12.6. The molecule has 0 saturated carbocycles. The van der Waals surface area contributed by atoms with Gasteiger partial charge in [-0.1, -0.05) is 17.7 Å². The molecule has 30 heavy (non-hydrogen) atoms. The van der Waals surface area contributed by atoms with Crippen molar-refractivity contribution in [2.75, 3.05) is 53.1 Å². The topological polar surface area (TPSA) is 51.2 Å². The van der Waals surface area contributed by atoms with E-state index in [-0.39, 0.29) is 24.0 Å². The lowest BCUT2D eigenvalue weighted by atomic mass is 9.76. The first kappa shape index (κ1) is 23.0. The summed E-state index contributed by atoms with van der Waals surface area (Å²) in [6, 6.07) is 8.30. The third-order valence-corrected chi connectivity index (χ3v) is 6.60. The van der Waals surface area contributed by atoms with Gasteiger partial charge in [0.1, 0.15) is 5.75 Å². The monoisotopic (exact) mass is 418 g/mol. The summed E-state index contributed by atoms with van der Waals surface area (Å²) in [5.74, 6) is 0.823. The number of hydrogen-bond acceptors (Lipinski definition) is 5. The number of ether oxygens (including phenoxy) is 3. The minimum Gasteiger partial charge on any atom is -0.484 e. The molecule has 2 saturated heterocycles. The van der Waals surface area contributed by atoms with Crippen LogP contribution >= 0.6 is 0 Å². The lowest BCUT2D eigenvalue weighted by Crippen LogP contribution is -2.45. The highest BCUT2D eigenvalue weighted by atomic mass is 16.5. The molecule has 2 fully saturated rings. The van der Waals surface area contributed by atoms with E-state index in [1.807, 2.05) is 36.1 Å². The van der Waals surface area contributed by atoms with Crippen LogP contribution in [0.15, 0.2) is 24.3 Å². The minimum absolute atomic E-state index is 0.0754. The largest absolute Gasteiger partial charge is 0.484 e. The van der Waals surface area contributed by atoms with Crippen LogP contribution in [0.1, 0.15) is 38.7 Å². The number of carbonyl (C=O) groups is 1. The Bertz CT molecular complexity index is 668. The maximum absolute atomic E-state index is 12.6. The van der Waals surface area contributed by atoms with Gasteiger partial charge in [0.25, 0.3) is 5.91 Å². The standard InChI is InChI=1S/C24H38N2O4/c1-19(2)26(13-14-28-4)16-22-15-24(18-30-22)9-11-25(12-10-24)23(27)17-29-21-7-5-20(3)6-8-21/h5-8,19,22H,9-18H2,1-4H3/t22-/m0/s1. The molecular formula is C24H38N2O4. The fourth-order valence-electron chi connectivity index (χ4n) is 4.49. The van der Waals surface area contributed by atoms with Crippen molar-refractivity contribution in [1.29, 1.82) is 0 Å². The highest BCUT2D eigenvalue weighted by Gasteiger charge is 2.43. The zero-order valence-electron chi connectivity index (χ0n) is 19.1. The van der Waals surface area contributed by atoms with Gasteiger partial charge in [-0.2, -0.15) is 0 Å². The Kier molecular flexibility index (Phi) is 8.14. The van der Waals surface area contributed by atoms with E-state index in [2.05, 4.69) is 18.7 Å². The number of nitrogens with zero attached hydrogens (tertiary/aromatic N) is 2. The van der Waals surface area contributed by atoms with Crippen molar-refractivity contribution in [3.8, 4) is 5.75 Å². The predicted molar refractivity (Wildman–Crippen MR) is 118 cm³/mol. The summed E-state index contributed by atoms with van der Waals surface area (Å²) < 4.78 is 17.1. The second-order valence-corrected chi connectivity index (χ2v) is 9.20. The summed E-state index contributed by atoms with van der Waals surface area (Å²) in [4.78, 5) is 17.0. The maximum Gasteiger partial charge on any atom is 0.260 e. The van der Waals surface area contributed by atoms with E-state index < -0.39 is 0 Å². The predicted octanol–water partition coefficient (Wildman–Crippen LogP) is 3.13. The van der Waals surface area contributed by atoms with Crippen LogP contribution in [0, 0.1) is 12.3 Å². The molecule has 0 aliphatic carbocycles. The van der Waals surface area contributed by atoms with Crippen LogP contribution in [0.25, 0.3) is 0 Å². The second kappa shape index (κ2) is 10.6. The number of carbonyl (C=O) groups excluding carboxylic acids is 1. The molecule has 2 aliphatic heterocycles. The van der Waals surface area contributed by atoms with E-state index in [4.69, 9.17) is 14.2 Å². The first-order chi connectivity index (χ1) is 14.4. The molecule has 1 amide bonds. The average Bonchev–Trinajstić information content (AvgIpc) is 3.12. The van der Waals surface area contributed by atoms with Gasteiger partial charge in [0, 0.05) is 39.3 Å². The van der Waals surface area contributed by atoms with Crippen LogP contribution < -0.4 is 4.74 Å².